The largest absolute Gasteiger partial charge is 0.312 e. The average Bonchev–Trinajstić information content (AvgIpc) is 3.11. The second-order valence-electron chi connectivity index (χ2n) is 6.32. The minimum Gasteiger partial charge on any atom is -0.312 e. The molecule has 0 unspecified atom stereocenters. The van der Waals surface area contributed by atoms with Gasteiger partial charge in [0.15, 0.2) is 5.82 Å². The Morgan fingerprint density at radius 3 is 2.96 bits per heavy atom. The zero-order chi connectivity index (χ0) is 16.2. The molecule has 4 rings (SSSR count). The van der Waals surface area contributed by atoms with Crippen LogP contribution in [0.25, 0.3) is 10.8 Å². The maximum Gasteiger partial charge on any atom is 0.244 e. The molecule has 7 heteroatoms. The molecule has 0 aliphatic carbocycles. The molecule has 5 nitrogen and oxygen atoms in total. The van der Waals surface area contributed by atoms with Crippen LogP contribution in [-0.4, -0.2) is 42.9 Å². The van der Waals surface area contributed by atoms with Crippen molar-refractivity contribution in [2.24, 2.45) is 5.92 Å². The van der Waals surface area contributed by atoms with Crippen molar-refractivity contribution in [2.75, 3.05) is 13.1 Å². The number of sulfonamides is 1. The predicted molar refractivity (Wildman–Crippen MR) is 85.0 cm³/mol. The van der Waals surface area contributed by atoms with Crippen molar-refractivity contribution < 1.29 is 12.8 Å². The summed E-state index contributed by atoms with van der Waals surface area (Å²) in [5.74, 6) is -0.270. The number of fused-ring (bicyclic) bond motifs is 2. The summed E-state index contributed by atoms with van der Waals surface area (Å²) in [5.41, 5.74) is 0. The van der Waals surface area contributed by atoms with Crippen molar-refractivity contribution in [3.05, 3.63) is 36.4 Å². The molecule has 1 aromatic heterocycles. The van der Waals surface area contributed by atoms with E-state index in [0.717, 1.165) is 19.2 Å². The molecule has 0 radical (unpaired) electrons. The monoisotopic (exact) mass is 335 g/mol. The first-order valence-electron chi connectivity index (χ1n) is 7.77. The summed E-state index contributed by atoms with van der Waals surface area (Å²) in [6.45, 7) is 3.34. The number of nitrogens with one attached hydrogen (secondary N) is 1. The molecule has 0 spiro atoms. The van der Waals surface area contributed by atoms with Crippen LogP contribution >= 0.6 is 0 Å². The summed E-state index contributed by atoms with van der Waals surface area (Å²) in [7, 11) is -3.75. The number of rotatable bonds is 2. The van der Waals surface area contributed by atoms with Crippen LogP contribution in [0.4, 0.5) is 4.39 Å². The molecule has 2 aromatic rings. The Labute approximate surface area is 134 Å². The topological polar surface area (TPSA) is 62.3 Å². The lowest BCUT2D eigenvalue weighted by atomic mass is 10.0. The van der Waals surface area contributed by atoms with E-state index in [1.165, 1.54) is 16.6 Å². The van der Waals surface area contributed by atoms with Crippen LogP contribution < -0.4 is 5.32 Å². The summed E-state index contributed by atoms with van der Waals surface area (Å²) in [5, 5.41) is 4.00. The molecule has 23 heavy (non-hydrogen) atoms. The first-order valence-corrected chi connectivity index (χ1v) is 9.21. The molecule has 1 aromatic carbocycles. The minimum absolute atomic E-state index is 0.0294. The number of pyridine rings is 1. The van der Waals surface area contributed by atoms with Crippen molar-refractivity contribution in [1.82, 2.24) is 14.6 Å². The number of nitrogens with zero attached hydrogens (tertiary/aromatic N) is 2. The summed E-state index contributed by atoms with van der Waals surface area (Å²) >= 11 is 0. The zero-order valence-electron chi connectivity index (χ0n) is 12.7. The Bertz CT molecular complexity index is 866. The number of benzene rings is 1. The molecule has 2 aliphatic rings. The van der Waals surface area contributed by atoms with Gasteiger partial charge in [-0.25, -0.2) is 12.8 Å². The number of hydrogen-bond donors (Lipinski definition) is 1. The first kappa shape index (κ1) is 15.0. The molecule has 3 atom stereocenters. The maximum atomic E-state index is 14.2. The normalized spacial score (nSPS) is 28.3. The number of hydrogen-bond acceptors (Lipinski definition) is 4. The van der Waals surface area contributed by atoms with Gasteiger partial charge in [0.25, 0.3) is 0 Å². The van der Waals surface area contributed by atoms with E-state index in [4.69, 9.17) is 0 Å². The van der Waals surface area contributed by atoms with E-state index in [1.807, 2.05) is 6.92 Å². The van der Waals surface area contributed by atoms with Crippen LogP contribution in [0.3, 0.4) is 0 Å². The highest BCUT2D eigenvalue weighted by Crippen LogP contribution is 2.36. The summed E-state index contributed by atoms with van der Waals surface area (Å²) < 4.78 is 42.1. The lowest BCUT2D eigenvalue weighted by molar-refractivity contribution is 0.373. The van der Waals surface area contributed by atoms with Crippen molar-refractivity contribution >= 4 is 20.8 Å². The second-order valence-corrected chi connectivity index (χ2v) is 8.18. The van der Waals surface area contributed by atoms with Crippen molar-refractivity contribution in [1.29, 1.82) is 0 Å². The fourth-order valence-corrected chi connectivity index (χ4v) is 5.88. The predicted octanol–water partition coefficient (Wildman–Crippen LogP) is 1.74. The van der Waals surface area contributed by atoms with E-state index in [-0.39, 0.29) is 22.4 Å². The third-order valence-corrected chi connectivity index (χ3v) is 7.07. The second kappa shape index (κ2) is 5.22. The third-order valence-electron chi connectivity index (χ3n) is 5.08. The van der Waals surface area contributed by atoms with Gasteiger partial charge in [0.2, 0.25) is 10.0 Å². The van der Waals surface area contributed by atoms with E-state index in [0.29, 0.717) is 17.8 Å². The van der Waals surface area contributed by atoms with Gasteiger partial charge in [-0.05, 0) is 31.9 Å². The van der Waals surface area contributed by atoms with E-state index in [2.05, 4.69) is 10.3 Å². The van der Waals surface area contributed by atoms with E-state index >= 15 is 0 Å². The molecule has 2 saturated heterocycles. The van der Waals surface area contributed by atoms with E-state index in [1.54, 1.807) is 12.1 Å². The lowest BCUT2D eigenvalue weighted by Gasteiger charge is -2.24. The Balaban J connectivity index is 1.84. The standard InChI is InChI=1S/C16H18FN3O2S/c1-10-16-12(5-6-19-16)9-20(10)23(21,22)14-4-2-3-11-7-18-8-13(17)15(11)14/h2-4,7-8,10,12,16,19H,5-6,9H2,1H3/t10-,12+,16-/m0/s1. The molecule has 0 saturated carbocycles. The van der Waals surface area contributed by atoms with Crippen LogP contribution in [0.15, 0.2) is 35.5 Å². The van der Waals surface area contributed by atoms with Crippen LogP contribution in [0, 0.1) is 11.7 Å². The first-order chi connectivity index (χ1) is 11.0. The Morgan fingerprint density at radius 2 is 2.17 bits per heavy atom. The van der Waals surface area contributed by atoms with Crippen molar-refractivity contribution in [3.63, 3.8) is 0 Å². The van der Waals surface area contributed by atoms with Gasteiger partial charge in [-0.15, -0.1) is 0 Å². The van der Waals surface area contributed by atoms with Gasteiger partial charge in [-0.2, -0.15) is 4.31 Å². The van der Waals surface area contributed by atoms with Crippen molar-refractivity contribution in [2.45, 2.75) is 30.3 Å². The highest BCUT2D eigenvalue weighted by Gasteiger charge is 2.47. The highest BCUT2D eigenvalue weighted by atomic mass is 32.2. The Kier molecular flexibility index (Phi) is 3.40. The molecule has 122 valence electrons. The number of aromatic nitrogens is 1. The van der Waals surface area contributed by atoms with E-state index < -0.39 is 15.8 Å². The highest BCUT2D eigenvalue weighted by molar-refractivity contribution is 7.89. The summed E-state index contributed by atoms with van der Waals surface area (Å²) in [4.78, 5) is 3.83. The molecular weight excluding hydrogens is 317 g/mol. The molecular formula is C16H18FN3O2S. The molecule has 1 N–H and O–H groups in total. The zero-order valence-corrected chi connectivity index (χ0v) is 13.6. The summed E-state index contributed by atoms with van der Waals surface area (Å²) in [6.07, 6.45) is 3.53. The van der Waals surface area contributed by atoms with Gasteiger partial charge in [0.05, 0.1) is 11.1 Å². The lowest BCUT2D eigenvalue weighted by Crippen LogP contribution is -2.42. The van der Waals surface area contributed by atoms with Crippen LogP contribution in [0.1, 0.15) is 13.3 Å². The Morgan fingerprint density at radius 1 is 1.35 bits per heavy atom. The van der Waals surface area contributed by atoms with Gasteiger partial charge in [-0.3, -0.25) is 4.98 Å². The molecule has 2 fully saturated rings. The van der Waals surface area contributed by atoms with Gasteiger partial charge in [-0.1, -0.05) is 12.1 Å². The smallest absolute Gasteiger partial charge is 0.244 e. The maximum absolute atomic E-state index is 14.2. The van der Waals surface area contributed by atoms with Crippen LogP contribution in [0.2, 0.25) is 0 Å². The fraction of sp³-hybridized carbons (Fsp3) is 0.438. The number of halogens is 1. The fourth-order valence-electron chi connectivity index (χ4n) is 3.94. The third kappa shape index (κ3) is 2.18. The Hall–Kier alpha value is -1.57. The SMILES string of the molecule is C[C@H]1[C@@H]2NCC[C@@H]2CN1S(=O)(=O)c1cccc2cncc(F)c12. The van der Waals surface area contributed by atoms with Gasteiger partial charge < -0.3 is 5.32 Å². The van der Waals surface area contributed by atoms with Crippen LogP contribution in [0.5, 0.6) is 0 Å². The molecule has 3 heterocycles. The molecule has 2 aliphatic heterocycles. The van der Waals surface area contributed by atoms with Gasteiger partial charge in [0.1, 0.15) is 0 Å². The average molecular weight is 335 g/mol. The van der Waals surface area contributed by atoms with Gasteiger partial charge >= 0.3 is 0 Å². The van der Waals surface area contributed by atoms with E-state index in [9.17, 15) is 12.8 Å². The quantitative estimate of drug-likeness (QED) is 0.908. The summed E-state index contributed by atoms with van der Waals surface area (Å²) in [6, 6.07) is 4.85. The van der Waals surface area contributed by atoms with Crippen LogP contribution in [-0.2, 0) is 10.0 Å². The minimum atomic E-state index is -3.75. The molecule has 0 bridgehead atoms. The van der Waals surface area contributed by atoms with Crippen molar-refractivity contribution in [3.8, 4) is 0 Å². The van der Waals surface area contributed by atoms with Gasteiger partial charge in [0, 0.05) is 35.6 Å². The molecule has 0 amide bonds.